The predicted octanol–water partition coefficient (Wildman–Crippen LogP) is 3.04. The van der Waals surface area contributed by atoms with Crippen LogP contribution in [0.5, 0.6) is 0 Å². The first-order valence-corrected chi connectivity index (χ1v) is 4.45. The summed E-state index contributed by atoms with van der Waals surface area (Å²) in [5.41, 5.74) is 0.0148. The van der Waals surface area contributed by atoms with Gasteiger partial charge in [0.05, 0.1) is 6.10 Å². The molecular weight excluding hydrogens is 186 g/mol. The van der Waals surface area contributed by atoms with Gasteiger partial charge in [0.2, 0.25) is 0 Å². The number of halogens is 2. The fraction of sp³-hybridized carbons (Fsp3) is 0.455. The van der Waals surface area contributed by atoms with Crippen molar-refractivity contribution in [3.8, 4) is 0 Å². The number of hydrogen-bond acceptors (Lipinski definition) is 1. The lowest BCUT2D eigenvalue weighted by atomic mass is 9.85. The van der Waals surface area contributed by atoms with Crippen molar-refractivity contribution in [3.05, 3.63) is 35.4 Å². The third kappa shape index (κ3) is 2.29. The van der Waals surface area contributed by atoms with Gasteiger partial charge in [-0.1, -0.05) is 26.8 Å². The third-order valence-electron chi connectivity index (χ3n) is 2.08. The van der Waals surface area contributed by atoms with Crippen molar-refractivity contribution in [1.29, 1.82) is 0 Å². The Bertz CT molecular complexity index is 329. The van der Waals surface area contributed by atoms with Crippen LogP contribution < -0.4 is 0 Å². The number of rotatable bonds is 1. The standard InChI is InChI=1S/C11H14F2O/c1-11(2,3)10(14)7-4-5-8(12)9(13)6-7/h4-6,10,14H,1-3H3. The highest BCUT2D eigenvalue weighted by Gasteiger charge is 2.24. The maximum atomic E-state index is 12.8. The Morgan fingerprint density at radius 1 is 1.14 bits per heavy atom. The summed E-state index contributed by atoms with van der Waals surface area (Å²) in [6.45, 7) is 5.50. The maximum Gasteiger partial charge on any atom is 0.159 e. The number of benzene rings is 1. The molecule has 0 aromatic heterocycles. The molecule has 0 aliphatic heterocycles. The second kappa shape index (κ2) is 3.65. The summed E-state index contributed by atoms with van der Waals surface area (Å²) in [4.78, 5) is 0. The number of aliphatic hydroxyl groups is 1. The van der Waals surface area contributed by atoms with Crippen molar-refractivity contribution in [2.75, 3.05) is 0 Å². The van der Waals surface area contributed by atoms with E-state index in [-0.39, 0.29) is 5.41 Å². The van der Waals surface area contributed by atoms with E-state index in [1.807, 2.05) is 20.8 Å². The van der Waals surface area contributed by atoms with Gasteiger partial charge in [0, 0.05) is 0 Å². The molecule has 1 nitrogen and oxygen atoms in total. The van der Waals surface area contributed by atoms with Crippen molar-refractivity contribution in [2.45, 2.75) is 26.9 Å². The molecule has 0 radical (unpaired) electrons. The van der Waals surface area contributed by atoms with E-state index < -0.39 is 17.7 Å². The van der Waals surface area contributed by atoms with Crippen LogP contribution in [0.15, 0.2) is 18.2 Å². The van der Waals surface area contributed by atoms with Crippen LogP contribution in [-0.2, 0) is 0 Å². The van der Waals surface area contributed by atoms with Gasteiger partial charge in [-0.2, -0.15) is 0 Å². The summed E-state index contributed by atoms with van der Waals surface area (Å²) in [5.74, 6) is -1.82. The molecule has 0 amide bonds. The molecule has 1 unspecified atom stereocenters. The van der Waals surface area contributed by atoms with E-state index in [1.165, 1.54) is 6.07 Å². The molecule has 0 aliphatic carbocycles. The lowest BCUT2D eigenvalue weighted by molar-refractivity contribution is 0.0623. The molecule has 0 heterocycles. The van der Waals surface area contributed by atoms with Crippen LogP contribution in [0.25, 0.3) is 0 Å². The lowest BCUT2D eigenvalue weighted by Gasteiger charge is -2.26. The van der Waals surface area contributed by atoms with Gasteiger partial charge in [-0.3, -0.25) is 0 Å². The Balaban J connectivity index is 3.03. The second-order valence-corrected chi connectivity index (χ2v) is 4.44. The minimum Gasteiger partial charge on any atom is -0.388 e. The van der Waals surface area contributed by atoms with Crippen LogP contribution in [0.4, 0.5) is 8.78 Å². The van der Waals surface area contributed by atoms with Gasteiger partial charge in [-0.05, 0) is 23.1 Å². The molecule has 1 aromatic rings. The molecule has 0 saturated heterocycles. The number of hydrogen-bond donors (Lipinski definition) is 1. The molecule has 0 bridgehead atoms. The summed E-state index contributed by atoms with van der Waals surface area (Å²) in [7, 11) is 0. The minimum absolute atomic E-state index is 0.385. The molecule has 3 heteroatoms. The summed E-state index contributed by atoms with van der Waals surface area (Å²) in [6, 6.07) is 3.46. The average molecular weight is 200 g/mol. The zero-order valence-corrected chi connectivity index (χ0v) is 8.51. The van der Waals surface area contributed by atoms with E-state index in [4.69, 9.17) is 0 Å². The highest BCUT2D eigenvalue weighted by Crippen LogP contribution is 2.32. The predicted molar refractivity (Wildman–Crippen MR) is 50.8 cm³/mol. The summed E-state index contributed by atoms with van der Waals surface area (Å²) in [6.07, 6.45) is -0.794. The van der Waals surface area contributed by atoms with E-state index in [0.717, 1.165) is 12.1 Å². The highest BCUT2D eigenvalue weighted by atomic mass is 19.2. The van der Waals surface area contributed by atoms with Crippen LogP contribution in [-0.4, -0.2) is 5.11 Å². The van der Waals surface area contributed by atoms with Gasteiger partial charge in [-0.25, -0.2) is 8.78 Å². The molecule has 0 saturated carbocycles. The first-order valence-electron chi connectivity index (χ1n) is 4.45. The van der Waals surface area contributed by atoms with E-state index in [9.17, 15) is 13.9 Å². The Kier molecular flexibility index (Phi) is 2.90. The summed E-state index contributed by atoms with van der Waals surface area (Å²) in [5, 5.41) is 9.78. The molecule has 1 rings (SSSR count). The fourth-order valence-electron chi connectivity index (χ4n) is 1.18. The quantitative estimate of drug-likeness (QED) is 0.738. The summed E-state index contributed by atoms with van der Waals surface area (Å²) < 4.78 is 25.4. The minimum atomic E-state index is -0.925. The molecular formula is C11H14F2O. The molecule has 1 N–H and O–H groups in total. The summed E-state index contributed by atoms with van der Waals surface area (Å²) >= 11 is 0. The van der Waals surface area contributed by atoms with E-state index >= 15 is 0 Å². The van der Waals surface area contributed by atoms with Crippen molar-refractivity contribution < 1.29 is 13.9 Å². The van der Waals surface area contributed by atoms with Gasteiger partial charge in [0.1, 0.15) is 0 Å². The van der Waals surface area contributed by atoms with Crippen LogP contribution >= 0.6 is 0 Å². The normalized spacial score (nSPS) is 14.1. The van der Waals surface area contributed by atoms with Crippen LogP contribution in [0.3, 0.4) is 0 Å². The van der Waals surface area contributed by atoms with Gasteiger partial charge in [0.25, 0.3) is 0 Å². The van der Waals surface area contributed by atoms with Gasteiger partial charge in [-0.15, -0.1) is 0 Å². The van der Waals surface area contributed by atoms with Gasteiger partial charge >= 0.3 is 0 Å². The van der Waals surface area contributed by atoms with Crippen LogP contribution in [0.1, 0.15) is 32.4 Å². The molecule has 0 fully saturated rings. The first kappa shape index (κ1) is 11.1. The lowest BCUT2D eigenvalue weighted by Crippen LogP contribution is -2.18. The topological polar surface area (TPSA) is 20.2 Å². The van der Waals surface area contributed by atoms with Gasteiger partial charge < -0.3 is 5.11 Å². The first-order chi connectivity index (χ1) is 6.32. The average Bonchev–Trinajstić information content (AvgIpc) is 2.07. The second-order valence-electron chi connectivity index (χ2n) is 4.44. The Hall–Kier alpha value is -0.960. The third-order valence-corrected chi connectivity index (χ3v) is 2.08. The Morgan fingerprint density at radius 2 is 1.71 bits per heavy atom. The smallest absolute Gasteiger partial charge is 0.159 e. The van der Waals surface area contributed by atoms with Crippen molar-refractivity contribution in [1.82, 2.24) is 0 Å². The Morgan fingerprint density at radius 3 is 2.14 bits per heavy atom. The van der Waals surface area contributed by atoms with E-state index in [1.54, 1.807) is 0 Å². The van der Waals surface area contributed by atoms with Gasteiger partial charge in [0.15, 0.2) is 11.6 Å². The Labute approximate surface area is 82.4 Å². The largest absolute Gasteiger partial charge is 0.388 e. The van der Waals surface area contributed by atoms with E-state index in [2.05, 4.69) is 0 Å². The van der Waals surface area contributed by atoms with Crippen molar-refractivity contribution >= 4 is 0 Å². The molecule has 78 valence electrons. The highest BCUT2D eigenvalue weighted by molar-refractivity contribution is 5.21. The molecule has 0 aliphatic rings. The van der Waals surface area contributed by atoms with Crippen LogP contribution in [0, 0.1) is 17.0 Å². The SMILES string of the molecule is CC(C)(C)C(O)c1ccc(F)c(F)c1. The van der Waals surface area contributed by atoms with Crippen LogP contribution in [0.2, 0.25) is 0 Å². The van der Waals surface area contributed by atoms with E-state index in [0.29, 0.717) is 5.56 Å². The molecule has 14 heavy (non-hydrogen) atoms. The van der Waals surface area contributed by atoms with Crippen molar-refractivity contribution in [3.63, 3.8) is 0 Å². The zero-order chi connectivity index (χ0) is 10.9. The fourth-order valence-corrected chi connectivity index (χ4v) is 1.18. The maximum absolute atomic E-state index is 12.8. The number of aliphatic hydroxyl groups excluding tert-OH is 1. The molecule has 0 spiro atoms. The molecule has 1 aromatic carbocycles. The van der Waals surface area contributed by atoms with Crippen molar-refractivity contribution in [2.24, 2.45) is 5.41 Å². The molecule has 1 atom stereocenters. The monoisotopic (exact) mass is 200 g/mol. The zero-order valence-electron chi connectivity index (χ0n) is 8.51.